The quantitative estimate of drug-likeness (QED) is 0.845. The van der Waals surface area contributed by atoms with Crippen LogP contribution in [0.25, 0.3) is 0 Å². The minimum absolute atomic E-state index is 0.348. The van der Waals surface area contributed by atoms with Crippen LogP contribution in [-0.2, 0) is 4.74 Å². The van der Waals surface area contributed by atoms with Crippen molar-refractivity contribution in [3.63, 3.8) is 0 Å². The maximum absolute atomic E-state index is 10.9. The summed E-state index contributed by atoms with van der Waals surface area (Å²) >= 11 is 0. The van der Waals surface area contributed by atoms with Crippen molar-refractivity contribution in [2.24, 2.45) is 11.7 Å². The van der Waals surface area contributed by atoms with E-state index in [0.29, 0.717) is 17.5 Å². The lowest BCUT2D eigenvalue weighted by Gasteiger charge is -2.28. The summed E-state index contributed by atoms with van der Waals surface area (Å²) in [6, 6.07) is 3.82. The highest BCUT2D eigenvalue weighted by atomic mass is 16.5. The summed E-state index contributed by atoms with van der Waals surface area (Å²) in [6.07, 6.45) is 3.66. The van der Waals surface area contributed by atoms with E-state index >= 15 is 0 Å². The van der Waals surface area contributed by atoms with E-state index in [2.05, 4.69) is 17.2 Å². The highest BCUT2D eigenvalue weighted by Crippen LogP contribution is 2.21. The topological polar surface area (TPSA) is 77.2 Å². The summed E-state index contributed by atoms with van der Waals surface area (Å²) in [5.74, 6) is 0.932. The molecule has 0 bridgehead atoms. The van der Waals surface area contributed by atoms with Gasteiger partial charge in [0.2, 0.25) is 5.91 Å². The summed E-state index contributed by atoms with van der Waals surface area (Å²) in [4.78, 5) is 15.1. The predicted molar refractivity (Wildman–Crippen MR) is 69.4 cm³/mol. The molecule has 1 amide bonds. The summed E-state index contributed by atoms with van der Waals surface area (Å²) in [5, 5.41) is 3.36. The van der Waals surface area contributed by atoms with Gasteiger partial charge in [-0.15, -0.1) is 0 Å². The Morgan fingerprint density at radius 3 is 2.78 bits per heavy atom. The number of nitrogens with one attached hydrogen (secondary N) is 1. The van der Waals surface area contributed by atoms with Crippen molar-refractivity contribution < 1.29 is 9.53 Å². The SMILES string of the molecule is CC(Nc1ccc(C(N)=O)cn1)C1CCOCC1. The first kappa shape index (κ1) is 12.8. The fourth-order valence-electron chi connectivity index (χ4n) is 2.19. The third-order valence-electron chi connectivity index (χ3n) is 3.40. The summed E-state index contributed by atoms with van der Waals surface area (Å²) in [5.41, 5.74) is 5.60. The van der Waals surface area contributed by atoms with Gasteiger partial charge < -0.3 is 15.8 Å². The van der Waals surface area contributed by atoms with Crippen LogP contribution in [0.3, 0.4) is 0 Å². The molecule has 1 saturated heterocycles. The van der Waals surface area contributed by atoms with Crippen molar-refractivity contribution >= 4 is 11.7 Å². The smallest absolute Gasteiger partial charge is 0.250 e. The van der Waals surface area contributed by atoms with Crippen LogP contribution >= 0.6 is 0 Å². The van der Waals surface area contributed by atoms with Crippen LogP contribution < -0.4 is 11.1 Å². The molecule has 0 saturated carbocycles. The number of carbonyl (C=O) groups is 1. The lowest BCUT2D eigenvalue weighted by atomic mass is 9.93. The van der Waals surface area contributed by atoms with Gasteiger partial charge in [-0.3, -0.25) is 4.79 Å². The molecule has 98 valence electrons. The van der Waals surface area contributed by atoms with Gasteiger partial charge in [0.25, 0.3) is 0 Å². The molecule has 0 aliphatic carbocycles. The molecule has 18 heavy (non-hydrogen) atoms. The number of rotatable bonds is 4. The molecule has 1 unspecified atom stereocenters. The molecule has 1 aliphatic rings. The van der Waals surface area contributed by atoms with Crippen molar-refractivity contribution in [1.82, 2.24) is 4.98 Å². The Kier molecular flexibility index (Phi) is 4.15. The molecule has 1 atom stereocenters. The highest BCUT2D eigenvalue weighted by molar-refractivity contribution is 5.92. The maximum atomic E-state index is 10.9. The zero-order valence-corrected chi connectivity index (χ0v) is 10.6. The number of carbonyl (C=O) groups excluding carboxylic acids is 1. The van der Waals surface area contributed by atoms with Gasteiger partial charge in [-0.1, -0.05) is 0 Å². The van der Waals surface area contributed by atoms with E-state index < -0.39 is 5.91 Å². The maximum Gasteiger partial charge on any atom is 0.250 e. The van der Waals surface area contributed by atoms with Gasteiger partial charge in [-0.25, -0.2) is 4.98 Å². The molecule has 1 aliphatic heterocycles. The average molecular weight is 249 g/mol. The third kappa shape index (κ3) is 3.20. The van der Waals surface area contributed by atoms with E-state index in [1.54, 1.807) is 12.1 Å². The molecule has 0 aromatic carbocycles. The fraction of sp³-hybridized carbons (Fsp3) is 0.538. The number of nitrogens with zero attached hydrogens (tertiary/aromatic N) is 1. The summed E-state index contributed by atoms with van der Waals surface area (Å²) in [7, 11) is 0. The Morgan fingerprint density at radius 2 is 2.22 bits per heavy atom. The van der Waals surface area contributed by atoms with Crippen LogP contribution in [0.15, 0.2) is 18.3 Å². The number of nitrogens with two attached hydrogens (primary N) is 1. The van der Waals surface area contributed by atoms with Crippen molar-refractivity contribution in [3.05, 3.63) is 23.9 Å². The number of hydrogen-bond acceptors (Lipinski definition) is 4. The van der Waals surface area contributed by atoms with Crippen LogP contribution in [0.5, 0.6) is 0 Å². The Morgan fingerprint density at radius 1 is 1.50 bits per heavy atom. The Labute approximate surface area is 107 Å². The molecular formula is C13H19N3O2. The number of primary amides is 1. The zero-order valence-electron chi connectivity index (χ0n) is 10.6. The van der Waals surface area contributed by atoms with Gasteiger partial charge in [0.1, 0.15) is 5.82 Å². The first-order valence-electron chi connectivity index (χ1n) is 6.27. The second-order valence-electron chi connectivity index (χ2n) is 4.68. The molecule has 2 rings (SSSR count). The van der Waals surface area contributed by atoms with Crippen molar-refractivity contribution in [3.8, 4) is 0 Å². The Balaban J connectivity index is 1.93. The number of hydrogen-bond donors (Lipinski definition) is 2. The second kappa shape index (κ2) is 5.82. The normalized spacial score (nSPS) is 18.3. The summed E-state index contributed by atoms with van der Waals surface area (Å²) < 4.78 is 5.35. The second-order valence-corrected chi connectivity index (χ2v) is 4.68. The monoisotopic (exact) mass is 249 g/mol. The van der Waals surface area contributed by atoms with Crippen LogP contribution in [0.2, 0.25) is 0 Å². The number of amides is 1. The van der Waals surface area contributed by atoms with E-state index in [0.717, 1.165) is 31.9 Å². The molecule has 0 spiro atoms. The molecule has 5 nitrogen and oxygen atoms in total. The first-order chi connectivity index (χ1) is 8.66. The van der Waals surface area contributed by atoms with Crippen molar-refractivity contribution in [2.75, 3.05) is 18.5 Å². The van der Waals surface area contributed by atoms with Gasteiger partial charge in [-0.2, -0.15) is 0 Å². The van der Waals surface area contributed by atoms with Gasteiger partial charge in [0.15, 0.2) is 0 Å². The minimum atomic E-state index is -0.452. The minimum Gasteiger partial charge on any atom is -0.381 e. The van der Waals surface area contributed by atoms with Crippen LogP contribution in [0.4, 0.5) is 5.82 Å². The van der Waals surface area contributed by atoms with Crippen molar-refractivity contribution in [2.45, 2.75) is 25.8 Å². The summed E-state index contributed by atoms with van der Waals surface area (Å²) in [6.45, 7) is 3.83. The Bertz CT molecular complexity index is 399. The Hall–Kier alpha value is -1.62. The van der Waals surface area contributed by atoms with E-state index in [4.69, 9.17) is 10.5 Å². The molecule has 1 fully saturated rings. The lowest BCUT2D eigenvalue weighted by Crippen LogP contribution is -2.31. The van der Waals surface area contributed by atoms with Crippen LogP contribution in [-0.4, -0.2) is 30.1 Å². The standard InChI is InChI=1S/C13H19N3O2/c1-9(10-4-6-18-7-5-10)16-12-3-2-11(8-15-12)13(14)17/h2-3,8-10H,4-7H2,1H3,(H2,14,17)(H,15,16). The predicted octanol–water partition coefficient (Wildman–Crippen LogP) is 1.41. The molecule has 2 heterocycles. The fourth-order valence-corrected chi connectivity index (χ4v) is 2.19. The molecule has 1 aromatic rings. The number of ether oxygens (including phenoxy) is 1. The molecule has 3 N–H and O–H groups in total. The first-order valence-corrected chi connectivity index (χ1v) is 6.27. The highest BCUT2D eigenvalue weighted by Gasteiger charge is 2.20. The average Bonchev–Trinajstić information content (AvgIpc) is 2.40. The molecular weight excluding hydrogens is 230 g/mol. The van der Waals surface area contributed by atoms with Gasteiger partial charge in [0.05, 0.1) is 5.56 Å². The number of pyridine rings is 1. The van der Waals surface area contributed by atoms with Crippen LogP contribution in [0.1, 0.15) is 30.1 Å². The van der Waals surface area contributed by atoms with E-state index in [1.165, 1.54) is 6.20 Å². The zero-order chi connectivity index (χ0) is 13.0. The largest absolute Gasteiger partial charge is 0.381 e. The lowest BCUT2D eigenvalue weighted by molar-refractivity contribution is 0.0622. The van der Waals surface area contributed by atoms with Crippen molar-refractivity contribution in [1.29, 1.82) is 0 Å². The van der Waals surface area contributed by atoms with E-state index in [-0.39, 0.29) is 0 Å². The van der Waals surface area contributed by atoms with Gasteiger partial charge in [-0.05, 0) is 37.8 Å². The van der Waals surface area contributed by atoms with Gasteiger partial charge in [0, 0.05) is 25.5 Å². The van der Waals surface area contributed by atoms with E-state index in [9.17, 15) is 4.79 Å². The van der Waals surface area contributed by atoms with E-state index in [1.807, 2.05) is 0 Å². The number of anilines is 1. The molecule has 5 heteroatoms. The molecule has 0 radical (unpaired) electrons. The van der Waals surface area contributed by atoms with Gasteiger partial charge >= 0.3 is 0 Å². The third-order valence-corrected chi connectivity index (χ3v) is 3.40. The molecule has 1 aromatic heterocycles. The van der Waals surface area contributed by atoms with Crippen LogP contribution in [0, 0.1) is 5.92 Å². The number of aromatic nitrogens is 1.